The summed E-state index contributed by atoms with van der Waals surface area (Å²) < 4.78 is 10.3. The van der Waals surface area contributed by atoms with Crippen molar-refractivity contribution in [3.8, 4) is 5.75 Å². The largest absolute Gasteiger partial charge is 0.480 e. The molecule has 1 aromatic heterocycles. The fraction of sp³-hybridized carbons (Fsp3) is 0.417. The third-order valence-corrected chi connectivity index (χ3v) is 3.06. The van der Waals surface area contributed by atoms with Gasteiger partial charge in [-0.25, -0.2) is 9.78 Å². The van der Waals surface area contributed by atoms with E-state index < -0.39 is 6.09 Å². The molecule has 2 aliphatic heterocycles. The molecule has 0 radical (unpaired) electrons. The average Bonchev–Trinajstić information content (AvgIpc) is 2.79. The number of aromatic nitrogens is 1. The summed E-state index contributed by atoms with van der Waals surface area (Å²) in [6.07, 6.45) is -0.484. The Morgan fingerprint density at radius 3 is 3.10 bits per heavy atom. The van der Waals surface area contributed by atoms with Gasteiger partial charge in [0.15, 0.2) is 18.2 Å². The fourth-order valence-electron chi connectivity index (χ4n) is 2.11. The number of carbonyl (C=O) groups is 2. The molecule has 0 aliphatic carbocycles. The van der Waals surface area contributed by atoms with E-state index in [0.717, 1.165) is 0 Å². The second-order valence-electron chi connectivity index (χ2n) is 4.48. The first-order chi connectivity index (χ1) is 9.67. The minimum absolute atomic E-state index is 0.0433. The van der Waals surface area contributed by atoms with Gasteiger partial charge in [0.25, 0.3) is 5.91 Å². The molecular weight excluding hydrogens is 266 g/mol. The molecule has 1 aromatic rings. The molecule has 1 fully saturated rings. The van der Waals surface area contributed by atoms with Crippen molar-refractivity contribution in [3.63, 3.8) is 0 Å². The first-order valence-electron chi connectivity index (χ1n) is 6.20. The Kier molecular flexibility index (Phi) is 3.15. The summed E-state index contributed by atoms with van der Waals surface area (Å²) in [5.41, 5.74) is 0. The average molecular weight is 279 g/mol. The number of fused-ring (bicyclic) bond motifs is 1. The highest BCUT2D eigenvalue weighted by molar-refractivity contribution is 5.95. The second kappa shape index (κ2) is 4.97. The molecule has 2 N–H and O–H groups in total. The van der Waals surface area contributed by atoms with E-state index in [9.17, 15) is 9.59 Å². The molecule has 8 heteroatoms. The van der Waals surface area contributed by atoms with Crippen LogP contribution in [0.15, 0.2) is 12.1 Å². The lowest BCUT2D eigenvalue weighted by atomic mass is 10.2. The van der Waals surface area contributed by atoms with Gasteiger partial charge in [-0.15, -0.1) is 0 Å². The highest BCUT2D eigenvalue weighted by atomic mass is 16.6. The number of pyridine rings is 1. The van der Waals surface area contributed by atoms with Crippen LogP contribution in [0.2, 0.25) is 0 Å². The normalized spacial score (nSPS) is 21.1. The molecular formula is C12H13N3O5. The minimum Gasteiger partial charge on any atom is -0.480 e. The zero-order chi connectivity index (χ0) is 14.1. The van der Waals surface area contributed by atoms with Crippen molar-refractivity contribution >= 4 is 23.6 Å². The first kappa shape index (κ1) is 12.7. The van der Waals surface area contributed by atoms with E-state index >= 15 is 0 Å². The number of nitrogens with one attached hydrogen (secondary N) is 1. The Balaban J connectivity index is 1.82. The van der Waals surface area contributed by atoms with Crippen LogP contribution in [0.25, 0.3) is 0 Å². The molecule has 3 rings (SSSR count). The topological polar surface area (TPSA) is 101 Å². The molecule has 1 saturated heterocycles. The molecule has 1 unspecified atom stereocenters. The Morgan fingerprint density at radius 1 is 1.45 bits per heavy atom. The predicted molar refractivity (Wildman–Crippen MR) is 67.7 cm³/mol. The number of nitrogens with zero attached hydrogens (tertiary/aromatic N) is 2. The van der Waals surface area contributed by atoms with Gasteiger partial charge in [0.05, 0.1) is 6.54 Å². The fourth-order valence-corrected chi connectivity index (χ4v) is 2.11. The SMILES string of the molecule is O=C1COc2ccc(N3CC(CCO)OC3=O)nc2N1. The van der Waals surface area contributed by atoms with Gasteiger partial charge >= 0.3 is 6.09 Å². The number of hydrogen-bond donors (Lipinski definition) is 2. The number of aliphatic hydroxyl groups is 1. The van der Waals surface area contributed by atoms with Gasteiger partial charge in [-0.2, -0.15) is 0 Å². The van der Waals surface area contributed by atoms with Gasteiger partial charge < -0.3 is 19.9 Å². The van der Waals surface area contributed by atoms with E-state index in [4.69, 9.17) is 14.6 Å². The highest BCUT2D eigenvalue weighted by Crippen LogP contribution is 2.30. The molecule has 106 valence electrons. The van der Waals surface area contributed by atoms with E-state index in [1.807, 2.05) is 0 Å². The zero-order valence-corrected chi connectivity index (χ0v) is 10.5. The minimum atomic E-state index is -0.515. The van der Waals surface area contributed by atoms with Crippen LogP contribution in [-0.2, 0) is 9.53 Å². The van der Waals surface area contributed by atoms with E-state index in [0.29, 0.717) is 24.5 Å². The van der Waals surface area contributed by atoms with Gasteiger partial charge in [-0.1, -0.05) is 0 Å². The first-order valence-corrected chi connectivity index (χ1v) is 6.20. The van der Waals surface area contributed by atoms with Crippen molar-refractivity contribution in [2.45, 2.75) is 12.5 Å². The standard InChI is InChI=1S/C12H13N3O5/c16-4-3-7-5-15(12(18)20-7)9-2-1-8-11(13-9)14-10(17)6-19-8/h1-2,7,16H,3-6H2,(H,13,14,17). The quantitative estimate of drug-likeness (QED) is 0.815. The lowest BCUT2D eigenvalue weighted by Crippen LogP contribution is -2.29. The number of ether oxygens (including phenoxy) is 2. The van der Waals surface area contributed by atoms with Crippen LogP contribution in [0.4, 0.5) is 16.4 Å². The number of anilines is 2. The van der Waals surface area contributed by atoms with Gasteiger partial charge in [-0.3, -0.25) is 9.69 Å². The lowest BCUT2D eigenvalue weighted by Gasteiger charge is -2.19. The van der Waals surface area contributed by atoms with Crippen molar-refractivity contribution in [2.75, 3.05) is 30.0 Å². The van der Waals surface area contributed by atoms with Crippen LogP contribution >= 0.6 is 0 Å². The number of carbonyl (C=O) groups excluding carboxylic acids is 2. The van der Waals surface area contributed by atoms with E-state index in [1.165, 1.54) is 4.90 Å². The van der Waals surface area contributed by atoms with Crippen LogP contribution in [-0.4, -0.2) is 48.0 Å². The Labute approximate surface area is 114 Å². The lowest BCUT2D eigenvalue weighted by molar-refractivity contribution is -0.118. The number of aliphatic hydroxyl groups excluding tert-OH is 1. The highest BCUT2D eigenvalue weighted by Gasteiger charge is 2.33. The predicted octanol–water partition coefficient (Wildman–Crippen LogP) is 0.120. The maximum absolute atomic E-state index is 11.8. The van der Waals surface area contributed by atoms with Crippen molar-refractivity contribution < 1.29 is 24.2 Å². The summed E-state index contributed by atoms with van der Waals surface area (Å²) in [6, 6.07) is 3.27. The van der Waals surface area contributed by atoms with Gasteiger partial charge in [0.2, 0.25) is 0 Å². The maximum atomic E-state index is 11.8. The number of amides is 2. The third kappa shape index (κ3) is 2.25. The van der Waals surface area contributed by atoms with Crippen LogP contribution in [0, 0.1) is 0 Å². The molecule has 0 saturated carbocycles. The van der Waals surface area contributed by atoms with Gasteiger partial charge in [0, 0.05) is 13.0 Å². The molecule has 0 spiro atoms. The molecule has 3 heterocycles. The molecule has 2 amide bonds. The summed E-state index contributed by atoms with van der Waals surface area (Å²) in [5, 5.41) is 11.4. The van der Waals surface area contributed by atoms with E-state index in [2.05, 4.69) is 10.3 Å². The van der Waals surface area contributed by atoms with Gasteiger partial charge in [0.1, 0.15) is 11.9 Å². The van der Waals surface area contributed by atoms with E-state index in [1.54, 1.807) is 12.1 Å². The summed E-state index contributed by atoms with van der Waals surface area (Å²) in [5.74, 6) is 0.842. The van der Waals surface area contributed by atoms with Crippen LogP contribution < -0.4 is 15.0 Å². The summed E-state index contributed by atoms with van der Waals surface area (Å²) in [4.78, 5) is 28.6. The summed E-state index contributed by atoms with van der Waals surface area (Å²) >= 11 is 0. The molecule has 8 nitrogen and oxygen atoms in total. The number of hydrogen-bond acceptors (Lipinski definition) is 6. The molecule has 0 aromatic carbocycles. The Hall–Kier alpha value is -2.35. The maximum Gasteiger partial charge on any atom is 0.415 e. The van der Waals surface area contributed by atoms with Crippen molar-refractivity contribution in [1.29, 1.82) is 0 Å². The number of cyclic esters (lactones) is 1. The smallest absolute Gasteiger partial charge is 0.415 e. The molecule has 2 aliphatic rings. The molecule has 20 heavy (non-hydrogen) atoms. The summed E-state index contributed by atoms with van der Waals surface area (Å²) in [6.45, 7) is 0.228. The zero-order valence-electron chi connectivity index (χ0n) is 10.5. The van der Waals surface area contributed by atoms with Crippen LogP contribution in [0.5, 0.6) is 5.75 Å². The van der Waals surface area contributed by atoms with Crippen molar-refractivity contribution in [1.82, 2.24) is 4.98 Å². The van der Waals surface area contributed by atoms with Crippen molar-refractivity contribution in [2.24, 2.45) is 0 Å². The van der Waals surface area contributed by atoms with Gasteiger partial charge in [-0.05, 0) is 12.1 Å². The summed E-state index contributed by atoms with van der Waals surface area (Å²) in [7, 11) is 0. The Morgan fingerprint density at radius 2 is 2.30 bits per heavy atom. The monoisotopic (exact) mass is 279 g/mol. The molecule has 0 bridgehead atoms. The van der Waals surface area contributed by atoms with Crippen molar-refractivity contribution in [3.05, 3.63) is 12.1 Å². The Bertz CT molecular complexity index is 562. The van der Waals surface area contributed by atoms with E-state index in [-0.39, 0.29) is 31.0 Å². The third-order valence-electron chi connectivity index (χ3n) is 3.06. The molecule has 1 atom stereocenters. The van der Waals surface area contributed by atoms with Crippen LogP contribution in [0.1, 0.15) is 6.42 Å². The number of rotatable bonds is 3. The van der Waals surface area contributed by atoms with Crippen LogP contribution in [0.3, 0.4) is 0 Å². The second-order valence-corrected chi connectivity index (χ2v) is 4.48.